The lowest BCUT2D eigenvalue weighted by molar-refractivity contribution is -0.0483. The lowest BCUT2D eigenvalue weighted by Gasteiger charge is -2.33. The number of aryl methyl sites for hydroxylation is 1. The molecule has 0 amide bonds. The van der Waals surface area contributed by atoms with Crippen molar-refractivity contribution in [2.45, 2.75) is 63.7 Å². The van der Waals surface area contributed by atoms with E-state index < -0.39 is 5.92 Å². The molecule has 1 nitrogen and oxygen atoms in total. The minimum absolute atomic E-state index is 0.0696. The zero-order valence-electron chi connectivity index (χ0n) is 21.7. The fraction of sp³-hybridized carbons (Fsp3) is 0.515. The molecule has 4 heteroatoms. The highest BCUT2D eigenvalue weighted by Crippen LogP contribution is 2.57. The van der Waals surface area contributed by atoms with Gasteiger partial charge in [0, 0.05) is 32.5 Å². The summed E-state index contributed by atoms with van der Waals surface area (Å²) in [6, 6.07) is 17.9. The van der Waals surface area contributed by atoms with Gasteiger partial charge in [0.15, 0.2) is 0 Å². The van der Waals surface area contributed by atoms with Crippen LogP contribution in [0.3, 0.4) is 0 Å². The highest BCUT2D eigenvalue weighted by molar-refractivity contribution is 5.85. The Morgan fingerprint density at radius 2 is 1.70 bits per heavy atom. The molecule has 2 aromatic rings. The summed E-state index contributed by atoms with van der Waals surface area (Å²) in [5.41, 5.74) is 9.68. The molecule has 37 heavy (non-hydrogen) atoms. The Bertz CT molecular complexity index is 1160. The van der Waals surface area contributed by atoms with E-state index in [0.717, 1.165) is 38.9 Å². The van der Waals surface area contributed by atoms with Crippen LogP contribution in [0.25, 0.3) is 11.6 Å². The van der Waals surface area contributed by atoms with Crippen LogP contribution in [0.1, 0.15) is 73.6 Å². The summed E-state index contributed by atoms with van der Waals surface area (Å²) in [5, 5.41) is 0. The van der Waals surface area contributed by atoms with Gasteiger partial charge in [0.05, 0.1) is 6.67 Å². The Balaban J connectivity index is 1.25. The Morgan fingerprint density at radius 3 is 2.46 bits per heavy atom. The van der Waals surface area contributed by atoms with Gasteiger partial charge < -0.3 is 0 Å². The highest BCUT2D eigenvalue weighted by atomic mass is 19.3. The molecule has 1 heterocycles. The number of hydrogen-bond donors (Lipinski definition) is 0. The molecule has 1 aliphatic heterocycles. The van der Waals surface area contributed by atoms with Crippen LogP contribution >= 0.6 is 0 Å². The normalized spacial score (nSPS) is 25.9. The van der Waals surface area contributed by atoms with E-state index in [0.29, 0.717) is 37.0 Å². The SMILES string of the molecule is FCCCN1CC(=Cc2ccc(C3=C([C@@H]4C[C@H]4C4CCC(F)(F)CC4)CCCc4ccccc43)cc2)C1. The van der Waals surface area contributed by atoms with Crippen LogP contribution in [-0.4, -0.2) is 37.1 Å². The number of fused-ring (bicyclic) bond motifs is 1. The van der Waals surface area contributed by atoms with Crippen LogP contribution in [0.4, 0.5) is 13.2 Å². The summed E-state index contributed by atoms with van der Waals surface area (Å²) in [4.78, 5) is 2.29. The molecule has 0 radical (unpaired) electrons. The summed E-state index contributed by atoms with van der Waals surface area (Å²) < 4.78 is 40.0. The first-order chi connectivity index (χ1) is 18.0. The van der Waals surface area contributed by atoms with E-state index in [-0.39, 0.29) is 19.5 Å². The second-order valence-electron chi connectivity index (χ2n) is 11.8. The van der Waals surface area contributed by atoms with E-state index in [2.05, 4.69) is 59.5 Å². The lowest BCUT2D eigenvalue weighted by atomic mass is 9.81. The average molecular weight is 506 g/mol. The first-order valence-electron chi connectivity index (χ1n) is 14.3. The van der Waals surface area contributed by atoms with E-state index in [1.54, 1.807) is 5.57 Å². The maximum Gasteiger partial charge on any atom is 0.248 e. The largest absolute Gasteiger partial charge is 0.295 e. The van der Waals surface area contributed by atoms with Crippen molar-refractivity contribution >= 4 is 11.6 Å². The number of rotatable bonds is 7. The summed E-state index contributed by atoms with van der Waals surface area (Å²) in [6.07, 6.45) is 8.93. The molecule has 0 N–H and O–H groups in total. The second-order valence-corrected chi connectivity index (χ2v) is 11.8. The van der Waals surface area contributed by atoms with Gasteiger partial charge in [-0.05, 0) is 96.1 Å². The van der Waals surface area contributed by atoms with Gasteiger partial charge in [-0.2, -0.15) is 0 Å². The summed E-state index contributed by atoms with van der Waals surface area (Å²) in [6.45, 7) is 2.49. The third-order valence-electron chi connectivity index (χ3n) is 9.19. The fourth-order valence-corrected chi connectivity index (χ4v) is 7.13. The molecule has 2 atom stereocenters. The molecule has 1 saturated heterocycles. The van der Waals surface area contributed by atoms with Crippen molar-refractivity contribution in [3.63, 3.8) is 0 Å². The maximum absolute atomic E-state index is 13.8. The van der Waals surface area contributed by atoms with E-state index in [9.17, 15) is 13.2 Å². The van der Waals surface area contributed by atoms with Crippen LogP contribution < -0.4 is 0 Å². The van der Waals surface area contributed by atoms with Gasteiger partial charge in [-0.25, -0.2) is 8.78 Å². The predicted molar refractivity (Wildman–Crippen MR) is 145 cm³/mol. The van der Waals surface area contributed by atoms with Gasteiger partial charge in [0.2, 0.25) is 5.92 Å². The molecule has 3 fully saturated rings. The first-order valence-corrected chi connectivity index (χ1v) is 14.3. The predicted octanol–water partition coefficient (Wildman–Crippen LogP) is 8.35. The Morgan fingerprint density at radius 1 is 0.946 bits per heavy atom. The van der Waals surface area contributed by atoms with E-state index in [4.69, 9.17) is 0 Å². The number of halogens is 3. The van der Waals surface area contributed by atoms with Crippen molar-refractivity contribution in [3.05, 3.63) is 81.9 Å². The van der Waals surface area contributed by atoms with Gasteiger partial charge in [0.25, 0.3) is 0 Å². The van der Waals surface area contributed by atoms with Gasteiger partial charge in [-0.3, -0.25) is 9.29 Å². The van der Waals surface area contributed by atoms with Crippen molar-refractivity contribution in [1.82, 2.24) is 4.90 Å². The number of alkyl halides is 3. The Hall–Kier alpha value is -2.33. The van der Waals surface area contributed by atoms with Crippen LogP contribution in [0.2, 0.25) is 0 Å². The van der Waals surface area contributed by atoms with Gasteiger partial charge >= 0.3 is 0 Å². The monoisotopic (exact) mass is 505 g/mol. The van der Waals surface area contributed by atoms with Crippen LogP contribution in [-0.2, 0) is 6.42 Å². The zero-order chi connectivity index (χ0) is 25.4. The quantitative estimate of drug-likeness (QED) is 0.365. The Labute approximate surface area is 219 Å². The smallest absolute Gasteiger partial charge is 0.248 e. The minimum Gasteiger partial charge on any atom is -0.295 e. The molecule has 0 aromatic heterocycles. The van der Waals surface area contributed by atoms with Gasteiger partial charge in [-0.1, -0.05) is 60.2 Å². The van der Waals surface area contributed by atoms with E-state index in [1.165, 1.54) is 39.8 Å². The molecule has 0 spiro atoms. The van der Waals surface area contributed by atoms with Crippen molar-refractivity contribution < 1.29 is 13.2 Å². The van der Waals surface area contributed by atoms with E-state index in [1.807, 2.05) is 0 Å². The van der Waals surface area contributed by atoms with Crippen LogP contribution in [0.15, 0.2) is 59.7 Å². The summed E-state index contributed by atoms with van der Waals surface area (Å²) >= 11 is 0. The second kappa shape index (κ2) is 10.4. The van der Waals surface area contributed by atoms with Crippen molar-refractivity contribution in [2.75, 3.05) is 26.3 Å². The molecule has 196 valence electrons. The molecule has 0 bridgehead atoms. The minimum atomic E-state index is -2.45. The number of allylic oxidation sites excluding steroid dienone is 1. The van der Waals surface area contributed by atoms with E-state index >= 15 is 0 Å². The van der Waals surface area contributed by atoms with Crippen molar-refractivity contribution in [3.8, 4) is 0 Å². The van der Waals surface area contributed by atoms with Crippen LogP contribution in [0, 0.1) is 17.8 Å². The Kier molecular flexibility index (Phi) is 7.05. The van der Waals surface area contributed by atoms with Crippen molar-refractivity contribution in [1.29, 1.82) is 0 Å². The molecule has 4 aliphatic rings. The summed E-state index contributed by atoms with van der Waals surface area (Å²) in [7, 11) is 0. The first kappa shape index (κ1) is 25.0. The third kappa shape index (κ3) is 5.46. The summed E-state index contributed by atoms with van der Waals surface area (Å²) in [5.74, 6) is -0.868. The number of hydrogen-bond acceptors (Lipinski definition) is 1. The molecule has 2 aromatic carbocycles. The molecule has 6 rings (SSSR count). The molecular weight excluding hydrogens is 467 g/mol. The number of likely N-dealkylation sites (tertiary alicyclic amines) is 1. The van der Waals surface area contributed by atoms with Crippen LogP contribution in [0.5, 0.6) is 0 Å². The lowest BCUT2D eigenvalue weighted by Crippen LogP contribution is -2.40. The van der Waals surface area contributed by atoms with Gasteiger partial charge in [0.1, 0.15) is 0 Å². The molecular formula is C33H38F3N. The fourth-order valence-electron chi connectivity index (χ4n) is 7.13. The zero-order valence-corrected chi connectivity index (χ0v) is 21.7. The number of nitrogens with zero attached hydrogens (tertiary/aromatic N) is 1. The molecule has 0 unspecified atom stereocenters. The topological polar surface area (TPSA) is 3.24 Å². The highest BCUT2D eigenvalue weighted by Gasteiger charge is 2.48. The maximum atomic E-state index is 13.8. The molecule has 2 saturated carbocycles. The molecule has 3 aliphatic carbocycles. The number of benzene rings is 2. The van der Waals surface area contributed by atoms with Crippen molar-refractivity contribution in [2.24, 2.45) is 17.8 Å². The average Bonchev–Trinajstić information content (AvgIpc) is 3.68. The van der Waals surface area contributed by atoms with Gasteiger partial charge in [-0.15, -0.1) is 0 Å². The standard InChI is InChI=1S/C33H38F3N/c34-17-4-18-37-21-24(22-37)19-23-9-11-27(12-10-23)32-28-7-2-1-5-25(28)6-3-8-29(32)31-20-30(31)26-13-15-33(35,36)16-14-26/h1-2,5,7,9-12,19,26,30-31H,3-4,6,8,13-18,20-22H2/t30-,31-/m0/s1. The third-order valence-corrected chi connectivity index (χ3v) is 9.19.